The van der Waals surface area contributed by atoms with Gasteiger partial charge in [-0.05, 0) is 96.0 Å². The van der Waals surface area contributed by atoms with Gasteiger partial charge in [0, 0.05) is 12.8 Å². The number of hydrogen-bond acceptors (Lipinski definition) is 7. The second-order valence-corrected chi connectivity index (χ2v) is 24.6. The van der Waals surface area contributed by atoms with Crippen molar-refractivity contribution in [3.8, 4) is 0 Å². The molecule has 458 valence electrons. The number of nitrogens with zero attached hydrogens (tertiary/aromatic N) is 1. The Balaban J connectivity index is 5.13. The van der Waals surface area contributed by atoms with E-state index < -0.39 is 32.5 Å². The molecule has 0 aliphatic rings. The Morgan fingerprint density at radius 2 is 0.823 bits per heavy atom. The maximum absolute atomic E-state index is 13.6. The molecule has 0 radical (unpaired) electrons. The molecular formula is C69H125N2O7P. The third kappa shape index (κ3) is 59.6. The number of allylic oxidation sites excluding steroid dienone is 13. The number of unbranched alkanes of at least 4 members (excludes halogenated alkanes) is 31. The van der Waals surface area contributed by atoms with Crippen LogP contribution in [0, 0.1) is 0 Å². The lowest BCUT2D eigenvalue weighted by atomic mass is 10.0. The Morgan fingerprint density at radius 3 is 1.25 bits per heavy atom. The minimum absolute atomic E-state index is 0.0333. The lowest BCUT2D eigenvalue weighted by Crippen LogP contribution is -2.47. The van der Waals surface area contributed by atoms with Gasteiger partial charge in [-0.3, -0.25) is 14.2 Å². The molecule has 0 aliphatic heterocycles. The van der Waals surface area contributed by atoms with Crippen LogP contribution in [0.3, 0.4) is 0 Å². The van der Waals surface area contributed by atoms with Gasteiger partial charge in [0.2, 0.25) is 5.91 Å². The summed E-state index contributed by atoms with van der Waals surface area (Å²) in [5.74, 6) is -0.606. The zero-order valence-electron chi connectivity index (χ0n) is 52.3. The van der Waals surface area contributed by atoms with Crippen molar-refractivity contribution in [2.45, 2.75) is 303 Å². The molecule has 10 heteroatoms. The highest BCUT2D eigenvalue weighted by Gasteiger charge is 2.27. The molecule has 0 spiro atoms. The van der Waals surface area contributed by atoms with Crippen molar-refractivity contribution in [2.24, 2.45) is 0 Å². The molecule has 0 aromatic heterocycles. The summed E-state index contributed by atoms with van der Waals surface area (Å²) in [6.07, 6.45) is 77.2. The second kappa shape index (κ2) is 58.4. The predicted molar refractivity (Wildman–Crippen MR) is 339 cm³/mol. The predicted octanol–water partition coefficient (Wildman–Crippen LogP) is 19.9. The Morgan fingerprint density at radius 1 is 0.456 bits per heavy atom. The fourth-order valence-electron chi connectivity index (χ4n) is 9.26. The Bertz CT molecular complexity index is 1630. The lowest BCUT2D eigenvalue weighted by Gasteiger charge is -2.30. The van der Waals surface area contributed by atoms with Crippen LogP contribution < -0.4 is 10.2 Å². The van der Waals surface area contributed by atoms with Crippen molar-refractivity contribution in [3.05, 3.63) is 85.1 Å². The third-order valence-electron chi connectivity index (χ3n) is 14.3. The molecule has 0 saturated heterocycles. The maximum Gasteiger partial charge on any atom is 0.306 e. The van der Waals surface area contributed by atoms with Crippen LogP contribution in [0.25, 0.3) is 0 Å². The van der Waals surface area contributed by atoms with Crippen molar-refractivity contribution in [3.63, 3.8) is 0 Å². The van der Waals surface area contributed by atoms with E-state index >= 15 is 0 Å². The monoisotopic (exact) mass is 1120 g/mol. The van der Waals surface area contributed by atoms with E-state index in [-0.39, 0.29) is 18.9 Å². The van der Waals surface area contributed by atoms with Gasteiger partial charge < -0.3 is 28.5 Å². The van der Waals surface area contributed by atoms with Crippen LogP contribution in [-0.4, -0.2) is 69.4 Å². The number of esters is 1. The van der Waals surface area contributed by atoms with E-state index in [1.165, 1.54) is 173 Å². The largest absolute Gasteiger partial charge is 0.756 e. The highest BCUT2D eigenvalue weighted by Crippen LogP contribution is 2.38. The topological polar surface area (TPSA) is 114 Å². The maximum atomic E-state index is 13.6. The summed E-state index contributed by atoms with van der Waals surface area (Å²) in [5, 5.41) is 3.02. The normalized spacial score (nSPS) is 14.2. The summed E-state index contributed by atoms with van der Waals surface area (Å²) < 4.78 is 30.3. The zero-order chi connectivity index (χ0) is 57.9. The van der Waals surface area contributed by atoms with Crippen molar-refractivity contribution in [1.82, 2.24) is 5.32 Å². The molecule has 79 heavy (non-hydrogen) atoms. The molecule has 9 nitrogen and oxygen atoms in total. The molecule has 0 aromatic rings. The fourth-order valence-corrected chi connectivity index (χ4v) is 9.98. The summed E-state index contributed by atoms with van der Waals surface area (Å²) in [6.45, 7) is 6.70. The van der Waals surface area contributed by atoms with Gasteiger partial charge in [0.25, 0.3) is 7.82 Å². The van der Waals surface area contributed by atoms with E-state index in [4.69, 9.17) is 13.8 Å². The van der Waals surface area contributed by atoms with Crippen LogP contribution in [-0.2, 0) is 27.9 Å². The first-order valence-electron chi connectivity index (χ1n) is 32.9. The average molecular weight is 1130 g/mol. The molecule has 3 unspecified atom stereocenters. The highest BCUT2D eigenvalue weighted by atomic mass is 31.2. The summed E-state index contributed by atoms with van der Waals surface area (Å²) in [7, 11) is 1.15. The number of amides is 1. The van der Waals surface area contributed by atoms with Crippen molar-refractivity contribution in [2.75, 3.05) is 40.9 Å². The van der Waals surface area contributed by atoms with Gasteiger partial charge in [-0.25, -0.2) is 0 Å². The first-order valence-corrected chi connectivity index (χ1v) is 34.4. The first-order chi connectivity index (χ1) is 38.4. The number of phosphoric acid groups is 1. The SMILES string of the molecule is CC/C=C\C/C=C\C/C=C\C/C=C\C/C=C\CCCC(=O)OC(/C=C\CCCCCCCCCCC)C(COP(=O)([O-])OCC[N+](C)(C)C)NC(=O)CCCCCCCCCCCCCCCCC/C=C/CCCCCCCC. The van der Waals surface area contributed by atoms with E-state index in [0.717, 1.165) is 77.0 Å². The Kier molecular flexibility index (Phi) is 56.3. The lowest BCUT2D eigenvalue weighted by molar-refractivity contribution is -0.870. The minimum atomic E-state index is -4.71. The molecular weight excluding hydrogens is 1000 g/mol. The summed E-state index contributed by atoms with van der Waals surface area (Å²) in [4.78, 5) is 40.0. The second-order valence-electron chi connectivity index (χ2n) is 23.2. The third-order valence-corrected chi connectivity index (χ3v) is 15.3. The number of quaternary nitrogens is 1. The van der Waals surface area contributed by atoms with Crippen LogP contribution in [0.2, 0.25) is 0 Å². The molecule has 0 bridgehead atoms. The van der Waals surface area contributed by atoms with Crippen LogP contribution >= 0.6 is 7.82 Å². The summed E-state index contributed by atoms with van der Waals surface area (Å²) >= 11 is 0. The fraction of sp³-hybridized carbons (Fsp3) is 0.768. The van der Waals surface area contributed by atoms with Gasteiger partial charge in [0.1, 0.15) is 19.3 Å². The first kappa shape index (κ1) is 76.2. The van der Waals surface area contributed by atoms with Gasteiger partial charge in [0.05, 0.1) is 33.8 Å². The molecule has 0 aliphatic carbocycles. The molecule has 0 aromatic carbocycles. The Hall–Kier alpha value is -2.81. The highest BCUT2D eigenvalue weighted by molar-refractivity contribution is 7.45. The van der Waals surface area contributed by atoms with Gasteiger partial charge in [-0.15, -0.1) is 0 Å². The van der Waals surface area contributed by atoms with E-state index in [0.29, 0.717) is 23.9 Å². The number of likely N-dealkylation sites (N-methyl/N-ethyl adjacent to an activating group) is 1. The van der Waals surface area contributed by atoms with E-state index in [1.54, 1.807) is 0 Å². The van der Waals surface area contributed by atoms with Crippen LogP contribution in [0.1, 0.15) is 290 Å². The van der Waals surface area contributed by atoms with E-state index in [9.17, 15) is 19.0 Å². The number of ether oxygens (including phenoxy) is 1. The minimum Gasteiger partial charge on any atom is -0.756 e. The Labute approximate surface area is 488 Å². The number of rotatable bonds is 59. The van der Waals surface area contributed by atoms with Gasteiger partial charge in [-0.1, -0.05) is 267 Å². The van der Waals surface area contributed by atoms with Crippen LogP contribution in [0.4, 0.5) is 0 Å². The van der Waals surface area contributed by atoms with Crippen molar-refractivity contribution < 1.29 is 37.3 Å². The smallest absolute Gasteiger partial charge is 0.306 e. The number of carbonyl (C=O) groups is 2. The molecule has 3 atom stereocenters. The zero-order valence-corrected chi connectivity index (χ0v) is 53.2. The molecule has 0 heterocycles. The molecule has 0 fully saturated rings. The number of carbonyl (C=O) groups excluding carboxylic acids is 2. The van der Waals surface area contributed by atoms with Gasteiger partial charge in [0.15, 0.2) is 0 Å². The average Bonchev–Trinajstić information content (AvgIpc) is 3.41. The van der Waals surface area contributed by atoms with Crippen molar-refractivity contribution in [1.29, 1.82) is 0 Å². The summed E-state index contributed by atoms with van der Waals surface area (Å²) in [6, 6.07) is -0.914. The quantitative estimate of drug-likeness (QED) is 0.0212. The number of phosphoric ester groups is 1. The summed E-state index contributed by atoms with van der Waals surface area (Å²) in [5.41, 5.74) is 0. The van der Waals surface area contributed by atoms with Crippen LogP contribution in [0.15, 0.2) is 85.1 Å². The van der Waals surface area contributed by atoms with Gasteiger partial charge >= 0.3 is 5.97 Å². The number of hydrogen-bond donors (Lipinski definition) is 1. The number of nitrogens with one attached hydrogen (secondary N) is 1. The standard InChI is InChI=1S/C69H125N2O7P/c1-7-10-13-16-19-22-25-27-29-31-32-33-34-35-36-37-38-40-41-43-46-49-52-55-58-61-68(72)70-66(65-77-79(74,75)76-64-63-71(4,5)6)67(60-57-54-51-48-45-24-21-18-15-12-9-3)78-69(73)62-59-56-53-50-47-44-42-39-30-28-26-23-20-17-14-11-8-2/h11,14,20,23,27-30,42,44,50,53,57,60,66-67H,7-10,12-13,15-19,21-22,24-26,31-41,43,45-49,51-52,54-56,58-59,61-65H2,1-6H3,(H-,70,72,74,75)/b14-11-,23-20-,29-27+,30-28-,44-42-,53-50-,60-57-. The van der Waals surface area contributed by atoms with E-state index in [2.05, 4.69) is 99.0 Å². The molecule has 0 saturated carbocycles. The molecule has 1 amide bonds. The molecule has 1 N–H and O–H groups in total. The van der Waals surface area contributed by atoms with Crippen molar-refractivity contribution >= 4 is 19.7 Å². The van der Waals surface area contributed by atoms with Crippen LogP contribution in [0.5, 0.6) is 0 Å². The van der Waals surface area contributed by atoms with E-state index in [1.807, 2.05) is 33.3 Å². The molecule has 0 rings (SSSR count). The van der Waals surface area contributed by atoms with Gasteiger partial charge in [-0.2, -0.15) is 0 Å².